The van der Waals surface area contributed by atoms with Gasteiger partial charge in [-0.1, -0.05) is 25.4 Å². The second-order valence-corrected chi connectivity index (χ2v) is 6.21. The lowest BCUT2D eigenvalue weighted by molar-refractivity contribution is 0.0774. The first-order chi connectivity index (χ1) is 10.2. The Morgan fingerprint density at radius 1 is 1.43 bits per heavy atom. The highest BCUT2D eigenvalue weighted by molar-refractivity contribution is 6.30. The topological polar surface area (TPSA) is 21.3 Å². The zero-order chi connectivity index (χ0) is 15.2. The molecular formula is C17H25ClFNO. The highest BCUT2D eigenvalue weighted by Gasteiger charge is 2.33. The first-order valence-corrected chi connectivity index (χ1v) is 8.32. The number of benzene rings is 1. The normalized spacial score (nSPS) is 23.4. The summed E-state index contributed by atoms with van der Waals surface area (Å²) in [5.74, 6) is 0.273. The van der Waals surface area contributed by atoms with Crippen LogP contribution in [0, 0.1) is 11.7 Å². The highest BCUT2D eigenvalue weighted by atomic mass is 35.5. The second kappa shape index (κ2) is 8.11. The van der Waals surface area contributed by atoms with E-state index in [0.717, 1.165) is 32.4 Å². The van der Waals surface area contributed by atoms with Gasteiger partial charge in [-0.3, -0.25) is 0 Å². The van der Waals surface area contributed by atoms with Gasteiger partial charge in [-0.2, -0.15) is 0 Å². The molecule has 0 aromatic heterocycles. The van der Waals surface area contributed by atoms with E-state index in [1.807, 2.05) is 0 Å². The molecule has 2 rings (SSSR count). The van der Waals surface area contributed by atoms with Gasteiger partial charge in [0.2, 0.25) is 0 Å². The van der Waals surface area contributed by atoms with Gasteiger partial charge in [-0.15, -0.1) is 0 Å². The molecule has 2 nitrogen and oxygen atoms in total. The summed E-state index contributed by atoms with van der Waals surface area (Å²) < 4.78 is 19.8. The van der Waals surface area contributed by atoms with Gasteiger partial charge in [0, 0.05) is 23.6 Å². The van der Waals surface area contributed by atoms with E-state index in [9.17, 15) is 4.39 Å². The maximum Gasteiger partial charge on any atom is 0.126 e. The van der Waals surface area contributed by atoms with Crippen LogP contribution in [0.1, 0.15) is 38.7 Å². The highest BCUT2D eigenvalue weighted by Crippen LogP contribution is 2.29. The molecule has 1 aromatic rings. The molecule has 0 saturated carbocycles. The Bertz CT molecular complexity index is 454. The van der Waals surface area contributed by atoms with E-state index in [2.05, 4.69) is 19.2 Å². The zero-order valence-electron chi connectivity index (χ0n) is 12.9. The van der Waals surface area contributed by atoms with Gasteiger partial charge in [0.1, 0.15) is 5.82 Å². The van der Waals surface area contributed by atoms with E-state index >= 15 is 0 Å². The second-order valence-electron chi connectivity index (χ2n) is 5.77. The predicted molar refractivity (Wildman–Crippen MR) is 85.3 cm³/mol. The summed E-state index contributed by atoms with van der Waals surface area (Å²) in [6.45, 7) is 6.05. The molecule has 0 aliphatic carbocycles. The molecule has 0 radical (unpaired) electrons. The molecule has 0 amide bonds. The molecule has 1 aliphatic rings. The van der Waals surface area contributed by atoms with Gasteiger partial charge >= 0.3 is 0 Å². The molecule has 118 valence electrons. The zero-order valence-corrected chi connectivity index (χ0v) is 13.6. The fourth-order valence-corrected chi connectivity index (χ4v) is 3.38. The third-order valence-electron chi connectivity index (χ3n) is 4.28. The van der Waals surface area contributed by atoms with Crippen molar-refractivity contribution in [3.05, 3.63) is 34.6 Å². The predicted octanol–water partition coefficient (Wildman–Crippen LogP) is 4.20. The summed E-state index contributed by atoms with van der Waals surface area (Å²) in [6.07, 6.45) is 4.06. The molecule has 1 aliphatic heterocycles. The van der Waals surface area contributed by atoms with Crippen molar-refractivity contribution in [1.82, 2.24) is 5.32 Å². The Labute approximate surface area is 132 Å². The summed E-state index contributed by atoms with van der Waals surface area (Å²) in [5.41, 5.74) is 0.692. The van der Waals surface area contributed by atoms with Gasteiger partial charge in [0.15, 0.2) is 0 Å². The van der Waals surface area contributed by atoms with Gasteiger partial charge in [-0.05, 0) is 56.0 Å². The summed E-state index contributed by atoms with van der Waals surface area (Å²) in [7, 11) is 0. The van der Waals surface area contributed by atoms with Crippen molar-refractivity contribution in [2.75, 3.05) is 13.2 Å². The molecule has 0 spiro atoms. The Morgan fingerprint density at radius 3 is 2.95 bits per heavy atom. The Morgan fingerprint density at radius 2 is 2.24 bits per heavy atom. The Hall–Kier alpha value is -0.640. The molecule has 3 unspecified atom stereocenters. The van der Waals surface area contributed by atoms with Crippen molar-refractivity contribution < 1.29 is 9.13 Å². The summed E-state index contributed by atoms with van der Waals surface area (Å²) >= 11 is 6.01. The van der Waals surface area contributed by atoms with E-state index in [1.54, 1.807) is 12.1 Å². The number of nitrogens with one attached hydrogen (secondary N) is 1. The van der Waals surface area contributed by atoms with Crippen LogP contribution in [0.2, 0.25) is 5.02 Å². The number of hydrogen-bond acceptors (Lipinski definition) is 2. The van der Waals surface area contributed by atoms with Gasteiger partial charge in [-0.25, -0.2) is 4.39 Å². The molecular weight excluding hydrogens is 289 g/mol. The standard InChI is InChI=1S/C17H25ClFNO/c1-3-8-20-16(14-7-9-21-17(14)4-2)11-12-10-13(18)5-6-15(12)19/h5-6,10,14,16-17,20H,3-4,7-9,11H2,1-2H3. The smallest absolute Gasteiger partial charge is 0.126 e. The third kappa shape index (κ3) is 4.41. The van der Waals surface area contributed by atoms with Crippen molar-refractivity contribution >= 4 is 11.6 Å². The molecule has 1 saturated heterocycles. The van der Waals surface area contributed by atoms with Gasteiger partial charge < -0.3 is 10.1 Å². The largest absolute Gasteiger partial charge is 0.378 e. The molecule has 0 bridgehead atoms. The van der Waals surface area contributed by atoms with Gasteiger partial charge in [0.05, 0.1) is 6.10 Å². The molecule has 1 N–H and O–H groups in total. The maximum absolute atomic E-state index is 14.0. The van der Waals surface area contributed by atoms with Crippen LogP contribution in [0.3, 0.4) is 0 Å². The fraction of sp³-hybridized carbons (Fsp3) is 0.647. The first kappa shape index (κ1) is 16.7. The lowest BCUT2D eigenvalue weighted by Crippen LogP contribution is -2.42. The number of rotatable bonds is 7. The van der Waals surface area contributed by atoms with E-state index in [-0.39, 0.29) is 18.0 Å². The average Bonchev–Trinajstić information content (AvgIpc) is 2.95. The Balaban J connectivity index is 2.13. The van der Waals surface area contributed by atoms with Gasteiger partial charge in [0.25, 0.3) is 0 Å². The minimum atomic E-state index is -0.172. The quantitative estimate of drug-likeness (QED) is 0.814. The molecule has 4 heteroatoms. The lowest BCUT2D eigenvalue weighted by Gasteiger charge is -2.28. The number of halogens is 2. The SMILES string of the molecule is CCCNC(Cc1cc(Cl)ccc1F)C1CCOC1CC. The van der Waals surface area contributed by atoms with Crippen LogP contribution in [0.5, 0.6) is 0 Å². The van der Waals surface area contributed by atoms with E-state index in [1.165, 1.54) is 6.07 Å². The van der Waals surface area contributed by atoms with Crippen molar-refractivity contribution in [3.63, 3.8) is 0 Å². The van der Waals surface area contributed by atoms with Crippen LogP contribution in [-0.4, -0.2) is 25.3 Å². The summed E-state index contributed by atoms with van der Waals surface area (Å²) in [6, 6.07) is 5.04. The lowest BCUT2D eigenvalue weighted by atomic mass is 9.87. The van der Waals surface area contributed by atoms with Crippen LogP contribution in [0.4, 0.5) is 4.39 Å². The van der Waals surface area contributed by atoms with Crippen molar-refractivity contribution in [1.29, 1.82) is 0 Å². The monoisotopic (exact) mass is 313 g/mol. The first-order valence-electron chi connectivity index (χ1n) is 7.94. The van der Waals surface area contributed by atoms with Crippen molar-refractivity contribution in [2.45, 2.75) is 51.7 Å². The molecule has 1 fully saturated rings. The molecule has 1 heterocycles. The Kier molecular flexibility index (Phi) is 6.46. The van der Waals surface area contributed by atoms with Crippen LogP contribution in [-0.2, 0) is 11.2 Å². The van der Waals surface area contributed by atoms with E-state index in [4.69, 9.17) is 16.3 Å². The average molecular weight is 314 g/mol. The third-order valence-corrected chi connectivity index (χ3v) is 4.52. The minimum absolute atomic E-state index is 0.172. The molecule has 21 heavy (non-hydrogen) atoms. The maximum atomic E-state index is 14.0. The van der Waals surface area contributed by atoms with E-state index < -0.39 is 0 Å². The fourth-order valence-electron chi connectivity index (χ4n) is 3.19. The minimum Gasteiger partial charge on any atom is -0.378 e. The van der Waals surface area contributed by atoms with Crippen LogP contribution in [0.25, 0.3) is 0 Å². The van der Waals surface area contributed by atoms with Crippen molar-refractivity contribution in [3.8, 4) is 0 Å². The van der Waals surface area contributed by atoms with Crippen LogP contribution < -0.4 is 5.32 Å². The molecule has 3 atom stereocenters. The number of ether oxygens (including phenoxy) is 1. The van der Waals surface area contributed by atoms with Crippen LogP contribution in [0.15, 0.2) is 18.2 Å². The van der Waals surface area contributed by atoms with E-state index in [0.29, 0.717) is 22.9 Å². The summed E-state index contributed by atoms with van der Waals surface area (Å²) in [4.78, 5) is 0. The van der Waals surface area contributed by atoms with Crippen molar-refractivity contribution in [2.24, 2.45) is 5.92 Å². The summed E-state index contributed by atoms with van der Waals surface area (Å²) in [5, 5.41) is 4.17. The number of hydrogen-bond donors (Lipinski definition) is 1. The van der Waals surface area contributed by atoms with Crippen LogP contribution >= 0.6 is 11.6 Å². The molecule has 1 aromatic carbocycles.